The summed E-state index contributed by atoms with van der Waals surface area (Å²) >= 11 is 24.7. The van der Waals surface area contributed by atoms with Gasteiger partial charge in [-0.2, -0.15) is 8.42 Å². The van der Waals surface area contributed by atoms with Crippen LogP contribution in [0.25, 0.3) is 0 Å². The second kappa shape index (κ2) is 7.87. The minimum absolute atomic E-state index is 0.0560. The molecule has 0 radical (unpaired) electrons. The van der Waals surface area contributed by atoms with E-state index >= 15 is 0 Å². The minimum atomic E-state index is -5.13. The number of hydrogen-bond donors (Lipinski definition) is 3. The molecule has 0 aromatic heterocycles. The van der Waals surface area contributed by atoms with Crippen LogP contribution < -0.4 is 0 Å². The van der Waals surface area contributed by atoms with Crippen LogP contribution in [0.15, 0.2) is 54.6 Å². The third-order valence-electron chi connectivity index (χ3n) is 4.38. The molecule has 0 heterocycles. The number of rotatable bonds is 4. The van der Waals surface area contributed by atoms with Crippen molar-refractivity contribution in [2.75, 3.05) is 0 Å². The molecule has 3 rings (SSSR count). The van der Waals surface area contributed by atoms with Gasteiger partial charge in [0.1, 0.15) is 11.5 Å². The molecule has 29 heavy (non-hydrogen) atoms. The van der Waals surface area contributed by atoms with E-state index in [4.69, 9.17) is 46.4 Å². The molecule has 3 aromatic rings. The standard InChI is InChI=1S/C19H12Cl4O5S/c20-11-3-1-2-10(8-11)19(29(26,27)28,13-5-4-12(24)9-16(13)23)17-14(21)6-7-15(22)18(17)25/h1-9,24-25H,(H,26,27,28). The van der Waals surface area contributed by atoms with Crippen molar-refractivity contribution in [2.45, 2.75) is 4.75 Å². The van der Waals surface area contributed by atoms with E-state index in [2.05, 4.69) is 0 Å². The molecule has 1 unspecified atom stereocenters. The van der Waals surface area contributed by atoms with Gasteiger partial charge >= 0.3 is 0 Å². The summed E-state index contributed by atoms with van der Waals surface area (Å²) in [5.41, 5.74) is -0.648. The lowest BCUT2D eigenvalue weighted by atomic mass is 9.83. The van der Waals surface area contributed by atoms with Gasteiger partial charge in [-0.15, -0.1) is 0 Å². The number of phenols is 2. The van der Waals surface area contributed by atoms with E-state index in [1.54, 1.807) is 0 Å². The highest BCUT2D eigenvalue weighted by Gasteiger charge is 2.52. The molecule has 0 aliphatic heterocycles. The Morgan fingerprint density at radius 3 is 2.03 bits per heavy atom. The van der Waals surface area contributed by atoms with Crippen molar-refractivity contribution in [1.82, 2.24) is 0 Å². The highest BCUT2D eigenvalue weighted by Crippen LogP contribution is 2.53. The lowest BCUT2D eigenvalue weighted by Crippen LogP contribution is -2.39. The third kappa shape index (κ3) is 3.65. The Hall–Kier alpha value is -1.67. The fourth-order valence-electron chi connectivity index (χ4n) is 3.22. The smallest absolute Gasteiger partial charge is 0.283 e. The zero-order valence-corrected chi connectivity index (χ0v) is 18.1. The van der Waals surface area contributed by atoms with Crippen LogP contribution in [0.5, 0.6) is 11.5 Å². The molecule has 0 spiro atoms. The van der Waals surface area contributed by atoms with Crippen LogP contribution in [0.3, 0.4) is 0 Å². The molecule has 0 fully saturated rings. The molecule has 1 atom stereocenters. The number of halogens is 4. The second-order valence-corrected chi connectivity index (χ2v) is 9.30. The molecule has 10 heteroatoms. The summed E-state index contributed by atoms with van der Waals surface area (Å²) in [6, 6.07) is 11.6. The summed E-state index contributed by atoms with van der Waals surface area (Å²) in [4.78, 5) is 0. The maximum absolute atomic E-state index is 13.0. The van der Waals surface area contributed by atoms with Gasteiger partial charge in [-0.05, 0) is 42.0 Å². The van der Waals surface area contributed by atoms with Crippen LogP contribution >= 0.6 is 46.4 Å². The lowest BCUT2D eigenvalue weighted by molar-refractivity contribution is 0.440. The SMILES string of the molecule is O=S(=O)(O)C(c1cccc(Cl)c1)(c1ccc(O)cc1Cl)c1c(Cl)ccc(Cl)c1O. The van der Waals surface area contributed by atoms with E-state index in [1.165, 1.54) is 48.5 Å². The molecule has 3 aromatic carbocycles. The molecule has 0 aliphatic carbocycles. The molecular weight excluding hydrogens is 482 g/mol. The maximum Gasteiger partial charge on any atom is 0.283 e. The summed E-state index contributed by atoms with van der Waals surface area (Å²) in [7, 11) is -5.13. The van der Waals surface area contributed by atoms with E-state index in [-0.39, 0.29) is 37.0 Å². The summed E-state index contributed by atoms with van der Waals surface area (Å²) < 4.78 is 34.0. The van der Waals surface area contributed by atoms with Gasteiger partial charge in [0.2, 0.25) is 0 Å². The molecular formula is C19H12Cl4O5S. The van der Waals surface area contributed by atoms with E-state index in [0.29, 0.717) is 0 Å². The molecule has 0 saturated carbocycles. The monoisotopic (exact) mass is 492 g/mol. The molecule has 152 valence electrons. The lowest BCUT2D eigenvalue weighted by Gasteiger charge is -2.34. The van der Waals surface area contributed by atoms with Crippen LogP contribution in [0, 0.1) is 0 Å². The van der Waals surface area contributed by atoms with Crippen molar-refractivity contribution in [1.29, 1.82) is 0 Å². The van der Waals surface area contributed by atoms with Crippen LogP contribution in [-0.2, 0) is 14.9 Å². The first-order valence-corrected chi connectivity index (χ1v) is 10.8. The van der Waals surface area contributed by atoms with Crippen molar-refractivity contribution < 1.29 is 23.2 Å². The zero-order chi connectivity index (χ0) is 21.6. The van der Waals surface area contributed by atoms with Gasteiger partial charge < -0.3 is 10.2 Å². The predicted octanol–water partition coefficient (Wildman–Crippen LogP) is 5.89. The third-order valence-corrected chi connectivity index (χ3v) is 6.98. The summed E-state index contributed by atoms with van der Waals surface area (Å²) in [5.74, 6) is -0.906. The topological polar surface area (TPSA) is 94.8 Å². The van der Waals surface area contributed by atoms with Crippen LogP contribution in [-0.4, -0.2) is 23.2 Å². The van der Waals surface area contributed by atoms with Gasteiger partial charge in [0, 0.05) is 26.2 Å². The van der Waals surface area contributed by atoms with Gasteiger partial charge in [0.25, 0.3) is 10.1 Å². The first kappa shape index (κ1) is 22.0. The second-order valence-electron chi connectivity index (χ2n) is 6.08. The Kier molecular flexibility index (Phi) is 5.98. The van der Waals surface area contributed by atoms with Gasteiger partial charge in [-0.25, -0.2) is 0 Å². The Labute approximate surface area is 186 Å². The maximum atomic E-state index is 13.0. The average molecular weight is 494 g/mol. The van der Waals surface area contributed by atoms with Crippen molar-refractivity contribution in [3.63, 3.8) is 0 Å². The Morgan fingerprint density at radius 1 is 0.793 bits per heavy atom. The van der Waals surface area contributed by atoms with Gasteiger partial charge in [-0.3, -0.25) is 4.55 Å². The molecule has 0 amide bonds. The first-order chi connectivity index (χ1) is 13.5. The fourth-order valence-corrected chi connectivity index (χ4v) is 5.64. The fraction of sp³-hybridized carbons (Fsp3) is 0.0526. The number of phenolic OH excluding ortho intramolecular Hbond substituents is 2. The Bertz CT molecular complexity index is 1210. The Morgan fingerprint density at radius 2 is 1.45 bits per heavy atom. The number of benzene rings is 3. The van der Waals surface area contributed by atoms with Crippen molar-refractivity contribution in [3.8, 4) is 11.5 Å². The van der Waals surface area contributed by atoms with Gasteiger partial charge in [-0.1, -0.05) is 64.6 Å². The van der Waals surface area contributed by atoms with Crippen molar-refractivity contribution >= 4 is 56.5 Å². The molecule has 0 aliphatic rings. The zero-order valence-electron chi connectivity index (χ0n) is 14.3. The van der Waals surface area contributed by atoms with E-state index < -0.39 is 26.2 Å². The normalized spacial score (nSPS) is 13.8. The van der Waals surface area contributed by atoms with Crippen LogP contribution in [0.2, 0.25) is 20.1 Å². The summed E-state index contributed by atoms with van der Waals surface area (Å²) in [6.07, 6.45) is 0. The van der Waals surface area contributed by atoms with Crippen molar-refractivity contribution in [2.24, 2.45) is 0 Å². The highest BCUT2D eigenvalue weighted by molar-refractivity contribution is 7.87. The van der Waals surface area contributed by atoms with E-state index in [0.717, 1.165) is 6.07 Å². The van der Waals surface area contributed by atoms with E-state index in [1.807, 2.05) is 0 Å². The molecule has 5 nitrogen and oxygen atoms in total. The summed E-state index contributed by atoms with van der Waals surface area (Å²) in [5, 5.41) is 20.0. The minimum Gasteiger partial charge on any atom is -0.508 e. The van der Waals surface area contributed by atoms with Crippen molar-refractivity contribution in [3.05, 3.63) is 91.4 Å². The first-order valence-electron chi connectivity index (χ1n) is 7.89. The van der Waals surface area contributed by atoms with Gasteiger partial charge in [0.15, 0.2) is 4.75 Å². The number of aromatic hydroxyl groups is 2. The van der Waals surface area contributed by atoms with Gasteiger partial charge in [0.05, 0.1) is 5.02 Å². The van der Waals surface area contributed by atoms with Crippen LogP contribution in [0.1, 0.15) is 16.7 Å². The van der Waals surface area contributed by atoms with E-state index in [9.17, 15) is 23.2 Å². The predicted molar refractivity (Wildman–Crippen MR) is 114 cm³/mol. The summed E-state index contributed by atoms with van der Waals surface area (Å²) in [6.45, 7) is 0. The molecule has 3 N–H and O–H groups in total. The Balaban J connectivity index is 2.65. The molecule has 0 saturated heterocycles. The molecule has 0 bridgehead atoms. The quantitative estimate of drug-likeness (QED) is 0.311. The largest absolute Gasteiger partial charge is 0.508 e. The highest BCUT2D eigenvalue weighted by atomic mass is 35.5. The average Bonchev–Trinajstić information content (AvgIpc) is 2.62. The number of hydrogen-bond acceptors (Lipinski definition) is 4. The van der Waals surface area contributed by atoms with Crippen LogP contribution in [0.4, 0.5) is 0 Å².